The smallest absolute Gasteiger partial charge is 0.140 e. The molecule has 0 unspecified atom stereocenters. The number of aromatic amines is 1. The Morgan fingerprint density at radius 1 is 1.04 bits per heavy atom. The Kier molecular flexibility index (Phi) is 4.90. The maximum atomic E-state index is 12.4. The van der Waals surface area contributed by atoms with Crippen molar-refractivity contribution in [3.63, 3.8) is 0 Å². The van der Waals surface area contributed by atoms with E-state index < -0.39 is 0 Å². The van der Waals surface area contributed by atoms with E-state index in [9.17, 15) is 4.79 Å². The molecule has 0 saturated carbocycles. The fourth-order valence-corrected chi connectivity index (χ4v) is 2.78. The van der Waals surface area contributed by atoms with Crippen LogP contribution >= 0.6 is 0 Å². The van der Waals surface area contributed by atoms with E-state index in [0.717, 1.165) is 11.3 Å². The number of aromatic nitrogens is 2. The second-order valence-corrected chi connectivity index (χ2v) is 6.39. The average Bonchev–Trinajstić information content (AvgIpc) is 3.09. The van der Waals surface area contributed by atoms with Gasteiger partial charge in [0.1, 0.15) is 5.78 Å². The van der Waals surface area contributed by atoms with Gasteiger partial charge < -0.3 is 4.98 Å². The Bertz CT molecular complexity index is 787. The topological polar surface area (TPSA) is 45.8 Å². The Hall–Kier alpha value is -2.68. The van der Waals surface area contributed by atoms with E-state index in [2.05, 4.69) is 65.4 Å². The number of rotatable bonds is 6. The van der Waals surface area contributed by atoms with E-state index in [4.69, 9.17) is 0 Å². The van der Waals surface area contributed by atoms with Crippen molar-refractivity contribution in [3.05, 3.63) is 77.9 Å². The van der Waals surface area contributed by atoms with Crippen LogP contribution in [0.5, 0.6) is 0 Å². The van der Waals surface area contributed by atoms with Crippen LogP contribution in [0, 0.1) is 12.8 Å². The van der Waals surface area contributed by atoms with Crippen molar-refractivity contribution in [2.24, 2.45) is 5.92 Å². The molecule has 2 aromatic carbocycles. The van der Waals surface area contributed by atoms with Gasteiger partial charge in [-0.1, -0.05) is 61.0 Å². The van der Waals surface area contributed by atoms with E-state index in [1.165, 1.54) is 16.7 Å². The zero-order valence-corrected chi connectivity index (χ0v) is 14.1. The zero-order valence-electron chi connectivity index (χ0n) is 14.1. The van der Waals surface area contributed by atoms with E-state index in [1.807, 2.05) is 6.92 Å². The predicted molar refractivity (Wildman–Crippen MR) is 96.8 cm³/mol. The molecule has 0 aliphatic rings. The van der Waals surface area contributed by atoms with Crippen molar-refractivity contribution in [1.29, 1.82) is 0 Å². The zero-order chi connectivity index (χ0) is 16.9. The van der Waals surface area contributed by atoms with Gasteiger partial charge in [0.2, 0.25) is 0 Å². The fourth-order valence-electron chi connectivity index (χ4n) is 2.78. The molecule has 0 aliphatic heterocycles. The Labute approximate surface area is 142 Å². The third-order valence-corrected chi connectivity index (χ3v) is 4.35. The molecule has 0 saturated heterocycles. The van der Waals surface area contributed by atoms with Crippen molar-refractivity contribution >= 4 is 5.78 Å². The first-order chi connectivity index (χ1) is 11.6. The summed E-state index contributed by atoms with van der Waals surface area (Å²) >= 11 is 0. The van der Waals surface area contributed by atoms with Gasteiger partial charge in [-0.15, -0.1) is 0 Å². The standard InChI is InChI=1S/C21H22N2O/c1-15-3-7-18(8-4-15)19-9-5-17(6-10-19)12-21(24)16(2)11-20-13-22-14-23-20/h3-10,13-14,16H,11-12H2,1-2H3,(H,22,23)/t16-/m0/s1. The van der Waals surface area contributed by atoms with Gasteiger partial charge in [-0.25, -0.2) is 4.98 Å². The van der Waals surface area contributed by atoms with Crippen molar-refractivity contribution < 1.29 is 4.79 Å². The Morgan fingerprint density at radius 2 is 1.67 bits per heavy atom. The highest BCUT2D eigenvalue weighted by atomic mass is 16.1. The molecule has 1 N–H and O–H groups in total. The molecule has 0 aliphatic carbocycles. The first-order valence-electron chi connectivity index (χ1n) is 8.28. The summed E-state index contributed by atoms with van der Waals surface area (Å²) in [7, 11) is 0. The summed E-state index contributed by atoms with van der Waals surface area (Å²) in [6.45, 7) is 4.06. The fraction of sp³-hybridized carbons (Fsp3) is 0.238. The maximum Gasteiger partial charge on any atom is 0.140 e. The summed E-state index contributed by atoms with van der Waals surface area (Å²) in [6, 6.07) is 16.8. The number of imidazole rings is 1. The van der Waals surface area contributed by atoms with Crippen LogP contribution in [0.4, 0.5) is 0 Å². The molecule has 3 nitrogen and oxygen atoms in total. The number of hydrogen-bond donors (Lipinski definition) is 1. The third kappa shape index (κ3) is 3.99. The number of H-pyrrole nitrogens is 1. The van der Waals surface area contributed by atoms with E-state index in [0.29, 0.717) is 12.8 Å². The van der Waals surface area contributed by atoms with Crippen LogP contribution in [0.2, 0.25) is 0 Å². The van der Waals surface area contributed by atoms with Crippen LogP contribution < -0.4 is 0 Å². The Balaban J connectivity index is 1.63. The SMILES string of the molecule is Cc1ccc(-c2ccc(CC(=O)[C@@H](C)Cc3cnc[nH]3)cc2)cc1. The van der Waals surface area contributed by atoms with Gasteiger partial charge >= 0.3 is 0 Å². The van der Waals surface area contributed by atoms with Gasteiger partial charge in [-0.2, -0.15) is 0 Å². The first kappa shape index (κ1) is 16.2. The maximum absolute atomic E-state index is 12.4. The highest BCUT2D eigenvalue weighted by Gasteiger charge is 2.14. The van der Waals surface area contributed by atoms with Gasteiger partial charge in [-0.3, -0.25) is 4.79 Å². The lowest BCUT2D eigenvalue weighted by molar-refractivity contribution is -0.121. The summed E-state index contributed by atoms with van der Waals surface area (Å²) < 4.78 is 0. The molecular formula is C21H22N2O. The summed E-state index contributed by atoms with van der Waals surface area (Å²) in [6.07, 6.45) is 4.61. The van der Waals surface area contributed by atoms with Crippen molar-refractivity contribution in [3.8, 4) is 11.1 Å². The highest BCUT2D eigenvalue weighted by Crippen LogP contribution is 2.21. The molecule has 1 atom stereocenters. The van der Waals surface area contributed by atoms with E-state index in [1.54, 1.807) is 12.5 Å². The summed E-state index contributed by atoms with van der Waals surface area (Å²) in [5, 5.41) is 0. The van der Waals surface area contributed by atoms with Gasteiger partial charge in [0, 0.05) is 24.2 Å². The van der Waals surface area contributed by atoms with Gasteiger partial charge in [0.05, 0.1) is 6.33 Å². The van der Waals surface area contributed by atoms with Crippen molar-refractivity contribution in [1.82, 2.24) is 9.97 Å². The van der Waals surface area contributed by atoms with E-state index in [-0.39, 0.29) is 11.7 Å². The molecule has 0 spiro atoms. The highest BCUT2D eigenvalue weighted by molar-refractivity contribution is 5.83. The van der Waals surface area contributed by atoms with Gasteiger partial charge in [-0.05, 0) is 30.0 Å². The van der Waals surface area contributed by atoms with Crippen LogP contribution in [-0.2, 0) is 17.6 Å². The van der Waals surface area contributed by atoms with Crippen molar-refractivity contribution in [2.45, 2.75) is 26.7 Å². The average molecular weight is 318 g/mol. The lowest BCUT2D eigenvalue weighted by atomic mass is 9.94. The molecule has 3 heteroatoms. The quantitative estimate of drug-likeness (QED) is 0.733. The second kappa shape index (κ2) is 7.26. The molecule has 24 heavy (non-hydrogen) atoms. The number of aryl methyl sites for hydroxylation is 1. The summed E-state index contributed by atoms with van der Waals surface area (Å²) in [5.74, 6) is 0.245. The second-order valence-electron chi connectivity index (χ2n) is 6.39. The lowest BCUT2D eigenvalue weighted by Crippen LogP contribution is -2.16. The predicted octanol–water partition coefficient (Wildman–Crippen LogP) is 4.38. The van der Waals surface area contributed by atoms with Gasteiger partial charge in [0.25, 0.3) is 0 Å². The molecular weight excluding hydrogens is 296 g/mol. The summed E-state index contributed by atoms with van der Waals surface area (Å²) in [4.78, 5) is 19.4. The van der Waals surface area contributed by atoms with E-state index >= 15 is 0 Å². The van der Waals surface area contributed by atoms with Crippen molar-refractivity contribution in [2.75, 3.05) is 0 Å². The number of ketones is 1. The molecule has 1 aromatic heterocycles. The number of carbonyl (C=O) groups excluding carboxylic acids is 1. The van der Waals surface area contributed by atoms with Crippen LogP contribution in [-0.4, -0.2) is 15.8 Å². The first-order valence-corrected chi connectivity index (χ1v) is 8.28. The van der Waals surface area contributed by atoms with Crippen LogP contribution in [0.1, 0.15) is 23.7 Å². The van der Waals surface area contributed by atoms with Crippen LogP contribution in [0.3, 0.4) is 0 Å². The number of nitrogens with one attached hydrogen (secondary N) is 1. The number of carbonyl (C=O) groups is 1. The molecule has 122 valence electrons. The lowest BCUT2D eigenvalue weighted by Gasteiger charge is -2.10. The largest absolute Gasteiger partial charge is 0.348 e. The summed E-state index contributed by atoms with van der Waals surface area (Å²) in [5.41, 5.74) is 5.70. The minimum absolute atomic E-state index is 0.0118. The number of hydrogen-bond acceptors (Lipinski definition) is 2. The Morgan fingerprint density at radius 3 is 2.25 bits per heavy atom. The minimum atomic E-state index is -0.0118. The molecule has 3 rings (SSSR count). The van der Waals surface area contributed by atoms with Crippen LogP contribution in [0.25, 0.3) is 11.1 Å². The number of Topliss-reactive ketones (excluding diaryl/α,β-unsaturated/α-hetero) is 1. The number of nitrogens with zero attached hydrogens (tertiary/aromatic N) is 1. The third-order valence-electron chi connectivity index (χ3n) is 4.35. The number of benzene rings is 2. The molecule has 0 fully saturated rings. The molecule has 0 amide bonds. The monoisotopic (exact) mass is 318 g/mol. The minimum Gasteiger partial charge on any atom is -0.348 e. The normalized spacial score (nSPS) is 12.1. The molecule has 1 heterocycles. The molecule has 0 radical (unpaired) electrons. The molecule has 3 aromatic rings. The molecule has 0 bridgehead atoms. The van der Waals surface area contributed by atoms with Gasteiger partial charge in [0.15, 0.2) is 0 Å². The van der Waals surface area contributed by atoms with Crippen LogP contribution in [0.15, 0.2) is 61.1 Å².